The second-order valence-electron chi connectivity index (χ2n) is 11.4. The fourth-order valence-electron chi connectivity index (χ4n) is 5.81. The highest BCUT2D eigenvalue weighted by atomic mass is 19.3. The molecule has 1 saturated carbocycles. The summed E-state index contributed by atoms with van der Waals surface area (Å²) in [6.07, 6.45) is 0.810. The molecular formula is C33H32F8O4. The molecule has 0 unspecified atom stereocenters. The van der Waals surface area contributed by atoms with Crippen molar-refractivity contribution in [2.75, 3.05) is 19.8 Å². The van der Waals surface area contributed by atoms with Crippen molar-refractivity contribution in [2.45, 2.75) is 64.0 Å². The lowest BCUT2D eigenvalue weighted by Crippen LogP contribution is -2.35. The molecule has 12 heteroatoms. The minimum Gasteiger partial charge on any atom is -0.429 e. The Bertz CT molecular complexity index is 1440. The van der Waals surface area contributed by atoms with Crippen LogP contribution in [-0.4, -0.2) is 25.9 Å². The average molecular weight is 645 g/mol. The maximum Gasteiger partial charge on any atom is 0.432 e. The Hall–Kier alpha value is -3.22. The third-order valence-electron chi connectivity index (χ3n) is 8.27. The summed E-state index contributed by atoms with van der Waals surface area (Å²) < 4.78 is 136. The molecule has 3 aromatic carbocycles. The number of benzene rings is 3. The van der Waals surface area contributed by atoms with Gasteiger partial charge < -0.3 is 18.9 Å². The fraction of sp³-hybridized carbons (Fsp3) is 0.455. The Balaban J connectivity index is 1.22. The van der Waals surface area contributed by atoms with Crippen molar-refractivity contribution in [3.63, 3.8) is 0 Å². The largest absolute Gasteiger partial charge is 0.432 e. The van der Waals surface area contributed by atoms with Crippen LogP contribution < -0.4 is 4.74 Å². The van der Waals surface area contributed by atoms with Gasteiger partial charge in [0.1, 0.15) is 28.8 Å². The standard InChI is InChI=1S/C33H32F8O4/c1-2-3-10-42-22-7-4-18(5-8-22)21-16-43-32(44-17-21)19-6-9-24(25(34)11-19)20-12-26(35)30(27(36)13-20)33(40,41)45-23-14-28(37)31(39)29(38)15-23/h6,9,11-15,18,21-22,32H,2-5,7-8,10,16-17H2,1H3. The number of ether oxygens (including phenoxy) is 4. The fourth-order valence-corrected chi connectivity index (χ4v) is 5.81. The van der Waals surface area contributed by atoms with Gasteiger partial charge in [-0.15, -0.1) is 0 Å². The molecule has 2 aliphatic rings. The predicted molar refractivity (Wildman–Crippen MR) is 147 cm³/mol. The summed E-state index contributed by atoms with van der Waals surface area (Å²) in [6.45, 7) is 3.75. The van der Waals surface area contributed by atoms with E-state index < -0.39 is 64.2 Å². The SMILES string of the molecule is CCCCOC1CCC(C2COC(c3ccc(-c4cc(F)c(C(F)(F)Oc5cc(F)c(F)c(F)c5)c(F)c4)c(F)c3)OC2)CC1. The van der Waals surface area contributed by atoms with Crippen LogP contribution in [0.25, 0.3) is 11.1 Å². The molecule has 1 aliphatic carbocycles. The molecule has 1 saturated heterocycles. The van der Waals surface area contributed by atoms with E-state index in [1.165, 1.54) is 12.1 Å². The summed E-state index contributed by atoms with van der Waals surface area (Å²) in [5.74, 6) is -10.7. The van der Waals surface area contributed by atoms with Gasteiger partial charge in [0.25, 0.3) is 0 Å². The minimum atomic E-state index is -4.76. The van der Waals surface area contributed by atoms with Crippen LogP contribution in [0.3, 0.4) is 0 Å². The quantitative estimate of drug-likeness (QED) is 0.125. The zero-order valence-electron chi connectivity index (χ0n) is 24.4. The molecular weight excluding hydrogens is 612 g/mol. The molecule has 0 N–H and O–H groups in total. The van der Waals surface area contributed by atoms with Gasteiger partial charge in [0.2, 0.25) is 0 Å². The first-order valence-electron chi connectivity index (χ1n) is 14.8. The van der Waals surface area contributed by atoms with Gasteiger partial charge in [-0.25, -0.2) is 26.3 Å². The smallest absolute Gasteiger partial charge is 0.429 e. The summed E-state index contributed by atoms with van der Waals surface area (Å²) in [5, 5.41) is 0. The van der Waals surface area contributed by atoms with Gasteiger partial charge in [-0.05, 0) is 61.8 Å². The van der Waals surface area contributed by atoms with Crippen molar-refractivity contribution in [1.29, 1.82) is 0 Å². The van der Waals surface area contributed by atoms with E-state index in [0.29, 0.717) is 36.8 Å². The van der Waals surface area contributed by atoms with Crippen LogP contribution in [0.15, 0.2) is 42.5 Å². The molecule has 3 aromatic rings. The van der Waals surface area contributed by atoms with E-state index in [-0.39, 0.29) is 29.7 Å². The highest BCUT2D eigenvalue weighted by molar-refractivity contribution is 5.65. The third kappa shape index (κ3) is 7.61. The van der Waals surface area contributed by atoms with E-state index in [1.54, 1.807) is 0 Å². The Kier molecular flexibility index (Phi) is 10.3. The second-order valence-corrected chi connectivity index (χ2v) is 11.4. The van der Waals surface area contributed by atoms with Gasteiger partial charge in [0.05, 0.1) is 19.3 Å². The van der Waals surface area contributed by atoms with Gasteiger partial charge >= 0.3 is 6.11 Å². The third-order valence-corrected chi connectivity index (χ3v) is 8.27. The maximum atomic E-state index is 15.2. The number of unbranched alkanes of at least 4 members (excludes halogenated alkanes) is 1. The topological polar surface area (TPSA) is 36.9 Å². The van der Waals surface area contributed by atoms with Gasteiger partial charge in [-0.1, -0.05) is 25.5 Å². The van der Waals surface area contributed by atoms with E-state index in [0.717, 1.165) is 51.2 Å². The number of alkyl halides is 2. The highest BCUT2D eigenvalue weighted by Crippen LogP contribution is 2.40. The lowest BCUT2D eigenvalue weighted by molar-refractivity contribution is -0.215. The zero-order valence-corrected chi connectivity index (χ0v) is 24.4. The summed E-state index contributed by atoms with van der Waals surface area (Å²) in [6, 6.07) is 4.89. The van der Waals surface area contributed by atoms with Crippen molar-refractivity contribution in [3.8, 4) is 16.9 Å². The van der Waals surface area contributed by atoms with E-state index in [1.807, 2.05) is 0 Å². The molecule has 0 aromatic heterocycles. The first-order chi connectivity index (χ1) is 21.5. The molecule has 244 valence electrons. The van der Waals surface area contributed by atoms with Crippen LogP contribution in [0.5, 0.6) is 5.75 Å². The van der Waals surface area contributed by atoms with Crippen LogP contribution in [0, 0.1) is 46.7 Å². The number of hydrogen-bond donors (Lipinski definition) is 0. The van der Waals surface area contributed by atoms with Gasteiger partial charge in [0.15, 0.2) is 23.7 Å². The van der Waals surface area contributed by atoms with Crippen molar-refractivity contribution in [1.82, 2.24) is 0 Å². The molecule has 0 bridgehead atoms. The zero-order chi connectivity index (χ0) is 32.3. The monoisotopic (exact) mass is 644 g/mol. The average Bonchev–Trinajstić information content (AvgIpc) is 2.99. The molecule has 1 aliphatic heterocycles. The maximum absolute atomic E-state index is 15.2. The number of hydrogen-bond acceptors (Lipinski definition) is 4. The Labute approximate surface area is 255 Å². The Morgan fingerprint density at radius 1 is 0.756 bits per heavy atom. The lowest BCUT2D eigenvalue weighted by atomic mass is 9.79. The predicted octanol–water partition coefficient (Wildman–Crippen LogP) is 9.35. The molecule has 0 atom stereocenters. The molecule has 0 radical (unpaired) electrons. The van der Waals surface area contributed by atoms with Gasteiger partial charge in [-0.3, -0.25) is 0 Å². The van der Waals surface area contributed by atoms with Crippen LogP contribution in [0.1, 0.15) is 62.9 Å². The van der Waals surface area contributed by atoms with E-state index in [2.05, 4.69) is 11.7 Å². The van der Waals surface area contributed by atoms with Crippen molar-refractivity contribution < 1.29 is 54.1 Å². The Morgan fingerprint density at radius 3 is 1.96 bits per heavy atom. The normalized spacial score (nSPS) is 22.4. The molecule has 0 spiro atoms. The number of halogens is 8. The lowest BCUT2D eigenvalue weighted by Gasteiger charge is -2.37. The molecule has 45 heavy (non-hydrogen) atoms. The summed E-state index contributed by atoms with van der Waals surface area (Å²) in [4.78, 5) is 0. The van der Waals surface area contributed by atoms with E-state index >= 15 is 4.39 Å². The van der Waals surface area contributed by atoms with Crippen LogP contribution in [0.4, 0.5) is 35.1 Å². The number of rotatable bonds is 10. The molecule has 2 fully saturated rings. The summed E-state index contributed by atoms with van der Waals surface area (Å²) in [7, 11) is 0. The molecule has 4 nitrogen and oxygen atoms in total. The van der Waals surface area contributed by atoms with Crippen molar-refractivity contribution in [3.05, 3.63) is 88.5 Å². The first kappa shape index (κ1) is 33.2. The van der Waals surface area contributed by atoms with Crippen LogP contribution >= 0.6 is 0 Å². The van der Waals surface area contributed by atoms with Crippen LogP contribution in [0.2, 0.25) is 0 Å². The molecule has 5 rings (SSSR count). The van der Waals surface area contributed by atoms with Crippen LogP contribution in [-0.2, 0) is 20.3 Å². The van der Waals surface area contributed by atoms with E-state index in [9.17, 15) is 30.7 Å². The van der Waals surface area contributed by atoms with Gasteiger partial charge in [-0.2, -0.15) is 8.78 Å². The summed E-state index contributed by atoms with van der Waals surface area (Å²) in [5.41, 5.74) is -2.24. The van der Waals surface area contributed by atoms with Crippen molar-refractivity contribution >= 4 is 0 Å². The first-order valence-corrected chi connectivity index (χ1v) is 14.8. The molecule has 1 heterocycles. The second kappa shape index (κ2) is 14.0. The minimum absolute atomic E-state index is 0.100. The molecule has 0 amide bonds. The van der Waals surface area contributed by atoms with Gasteiger partial charge in [0, 0.05) is 35.8 Å². The Morgan fingerprint density at radius 2 is 1.38 bits per heavy atom. The summed E-state index contributed by atoms with van der Waals surface area (Å²) >= 11 is 0. The van der Waals surface area contributed by atoms with E-state index in [4.69, 9.17) is 14.2 Å². The van der Waals surface area contributed by atoms with Crippen molar-refractivity contribution in [2.24, 2.45) is 11.8 Å². The highest BCUT2D eigenvalue weighted by Gasteiger charge is 2.42.